The van der Waals surface area contributed by atoms with Crippen LogP contribution in [0.25, 0.3) is 11.3 Å². The van der Waals surface area contributed by atoms with Crippen LogP contribution in [0.2, 0.25) is 0 Å². The summed E-state index contributed by atoms with van der Waals surface area (Å²) in [4.78, 5) is 40.9. The second-order valence-electron chi connectivity index (χ2n) is 11.3. The van der Waals surface area contributed by atoms with Gasteiger partial charge in [-0.1, -0.05) is 19.1 Å². The molecule has 1 fully saturated rings. The van der Waals surface area contributed by atoms with Gasteiger partial charge < -0.3 is 15.1 Å². The zero-order valence-electron chi connectivity index (χ0n) is 25.4. The SMILES string of the molecule is CCCN1CCN(c2nc(-c3cc(N(C(=O)C(F)(F)F)C(C)C)ccc3C)c3c(n2)N(c2c(F)cccc2F)C(=O)NC3)CC1. The number of carbonyl (C=O) groups excluding carboxylic acids is 2. The van der Waals surface area contributed by atoms with Crippen molar-refractivity contribution in [1.82, 2.24) is 20.2 Å². The number of benzene rings is 2. The summed E-state index contributed by atoms with van der Waals surface area (Å²) in [5, 5.41) is 2.62. The predicted octanol–water partition coefficient (Wildman–Crippen LogP) is 5.93. The fraction of sp³-hybridized carbons (Fsp3) is 0.419. The normalized spacial score (nSPS) is 15.7. The van der Waals surface area contributed by atoms with Crippen molar-refractivity contribution < 1.29 is 31.5 Å². The number of rotatable bonds is 7. The number of aromatic nitrogens is 2. The van der Waals surface area contributed by atoms with Crippen molar-refractivity contribution in [3.05, 3.63) is 59.2 Å². The molecule has 2 aromatic carbocycles. The van der Waals surface area contributed by atoms with Gasteiger partial charge in [0.2, 0.25) is 5.95 Å². The van der Waals surface area contributed by atoms with Gasteiger partial charge in [0.05, 0.1) is 12.2 Å². The lowest BCUT2D eigenvalue weighted by molar-refractivity contribution is -0.170. The first-order chi connectivity index (χ1) is 21.3. The van der Waals surface area contributed by atoms with Gasteiger partial charge in [0.1, 0.15) is 17.3 Å². The third-order valence-electron chi connectivity index (χ3n) is 7.89. The number of hydrogen-bond donors (Lipinski definition) is 1. The van der Waals surface area contributed by atoms with E-state index in [0.29, 0.717) is 47.8 Å². The molecule has 0 bridgehead atoms. The van der Waals surface area contributed by atoms with Gasteiger partial charge in [-0.05, 0) is 63.6 Å². The van der Waals surface area contributed by atoms with Gasteiger partial charge in [0, 0.05) is 49.0 Å². The first-order valence-electron chi connectivity index (χ1n) is 14.7. The maximum Gasteiger partial charge on any atom is 0.471 e. The number of para-hydroxylation sites is 1. The molecule has 3 amide bonds. The Labute approximate surface area is 257 Å². The number of urea groups is 1. The lowest BCUT2D eigenvalue weighted by Crippen LogP contribution is -2.48. The van der Waals surface area contributed by atoms with Crippen molar-refractivity contribution >= 4 is 35.1 Å². The molecule has 1 saturated heterocycles. The quantitative estimate of drug-likeness (QED) is 0.326. The topological polar surface area (TPSA) is 84.9 Å². The molecule has 45 heavy (non-hydrogen) atoms. The van der Waals surface area contributed by atoms with Gasteiger partial charge in [-0.2, -0.15) is 18.2 Å². The number of fused-ring (bicyclic) bond motifs is 1. The molecule has 1 aromatic heterocycles. The summed E-state index contributed by atoms with van der Waals surface area (Å²) in [6.07, 6.45) is -4.12. The monoisotopic (exact) mass is 631 g/mol. The number of piperazine rings is 1. The van der Waals surface area contributed by atoms with E-state index in [1.807, 2.05) is 4.90 Å². The van der Waals surface area contributed by atoms with Gasteiger partial charge in [-0.3, -0.25) is 9.69 Å². The average molecular weight is 632 g/mol. The molecule has 3 aromatic rings. The maximum atomic E-state index is 15.1. The van der Waals surface area contributed by atoms with Gasteiger partial charge in [-0.15, -0.1) is 0 Å². The average Bonchev–Trinajstić information content (AvgIpc) is 2.98. The number of alkyl halides is 3. The molecule has 0 atom stereocenters. The smallest absolute Gasteiger partial charge is 0.338 e. The number of nitrogens with zero attached hydrogens (tertiary/aromatic N) is 6. The molecule has 0 saturated carbocycles. The Hall–Kier alpha value is -4.33. The summed E-state index contributed by atoms with van der Waals surface area (Å²) in [7, 11) is 0. The van der Waals surface area contributed by atoms with Crippen molar-refractivity contribution in [1.29, 1.82) is 0 Å². The third kappa shape index (κ3) is 6.28. The third-order valence-corrected chi connectivity index (χ3v) is 7.89. The van der Waals surface area contributed by atoms with E-state index in [1.165, 1.54) is 32.0 Å². The van der Waals surface area contributed by atoms with E-state index in [4.69, 9.17) is 4.98 Å². The van der Waals surface area contributed by atoms with Crippen LogP contribution in [0.15, 0.2) is 36.4 Å². The van der Waals surface area contributed by atoms with Crippen LogP contribution in [0.4, 0.5) is 49.9 Å². The standard InChI is InChI=1S/C31H34F5N7O2/c1-5-11-40-12-14-41(15-13-40)29-38-25(21-16-20(10-9-19(21)4)42(18(2)3)28(44)31(34,35)36)22-17-37-30(45)43(27(22)39-29)26-23(32)7-6-8-24(26)33/h6-10,16,18H,5,11-15,17H2,1-4H3,(H,37,45). The molecule has 0 spiro atoms. The molecule has 9 nitrogen and oxygen atoms in total. The van der Waals surface area contributed by atoms with Crippen molar-refractivity contribution in [2.24, 2.45) is 0 Å². The van der Waals surface area contributed by atoms with Crippen LogP contribution >= 0.6 is 0 Å². The summed E-state index contributed by atoms with van der Waals surface area (Å²) in [6, 6.07) is 6.05. The molecule has 5 rings (SSSR count). The molecule has 2 aliphatic heterocycles. The van der Waals surface area contributed by atoms with Crippen LogP contribution in [-0.4, -0.2) is 71.7 Å². The minimum absolute atomic E-state index is 0.00753. The highest BCUT2D eigenvalue weighted by Gasteiger charge is 2.44. The lowest BCUT2D eigenvalue weighted by atomic mass is 9.98. The van der Waals surface area contributed by atoms with Crippen LogP contribution < -0.4 is 20.0 Å². The number of halogens is 5. The molecule has 0 radical (unpaired) electrons. The van der Waals surface area contributed by atoms with Crippen LogP contribution in [0.1, 0.15) is 38.3 Å². The van der Waals surface area contributed by atoms with Crippen LogP contribution in [-0.2, 0) is 11.3 Å². The summed E-state index contributed by atoms with van der Waals surface area (Å²) < 4.78 is 71.0. The Morgan fingerprint density at radius 2 is 1.71 bits per heavy atom. The fourth-order valence-corrected chi connectivity index (χ4v) is 5.71. The first kappa shape index (κ1) is 32.1. The highest BCUT2D eigenvalue weighted by molar-refractivity contribution is 6.02. The molecule has 1 N–H and O–H groups in total. The van der Waals surface area contributed by atoms with E-state index in [-0.39, 0.29) is 29.7 Å². The highest BCUT2D eigenvalue weighted by Crippen LogP contribution is 2.41. The number of amides is 3. The van der Waals surface area contributed by atoms with Crippen LogP contribution in [0.5, 0.6) is 0 Å². The molecular weight excluding hydrogens is 597 g/mol. The second-order valence-corrected chi connectivity index (χ2v) is 11.3. The van der Waals surface area contributed by atoms with Gasteiger partial charge in [0.25, 0.3) is 0 Å². The van der Waals surface area contributed by atoms with Crippen molar-refractivity contribution in [2.45, 2.75) is 52.9 Å². The molecule has 3 heterocycles. The molecule has 0 aliphatic carbocycles. The molecule has 0 unspecified atom stereocenters. The largest absolute Gasteiger partial charge is 0.471 e. The number of nitrogens with one attached hydrogen (secondary N) is 1. The molecule has 14 heteroatoms. The summed E-state index contributed by atoms with van der Waals surface area (Å²) >= 11 is 0. The Kier molecular flexibility index (Phi) is 8.97. The van der Waals surface area contributed by atoms with E-state index in [0.717, 1.165) is 30.0 Å². The molecular formula is C31H34F5N7O2. The number of hydrogen-bond acceptors (Lipinski definition) is 6. The summed E-state index contributed by atoms with van der Waals surface area (Å²) in [6.45, 7) is 10.1. The Morgan fingerprint density at radius 1 is 1.04 bits per heavy atom. The van der Waals surface area contributed by atoms with E-state index >= 15 is 8.78 Å². The van der Waals surface area contributed by atoms with Crippen molar-refractivity contribution in [3.63, 3.8) is 0 Å². The van der Waals surface area contributed by atoms with Crippen LogP contribution in [0, 0.1) is 18.6 Å². The first-order valence-corrected chi connectivity index (χ1v) is 14.7. The minimum atomic E-state index is -5.11. The number of carbonyl (C=O) groups is 2. The van der Waals surface area contributed by atoms with Crippen LogP contribution in [0.3, 0.4) is 0 Å². The fourth-order valence-electron chi connectivity index (χ4n) is 5.71. The summed E-state index contributed by atoms with van der Waals surface area (Å²) in [5.41, 5.74) is 0.933. The maximum absolute atomic E-state index is 15.1. The van der Waals surface area contributed by atoms with E-state index in [2.05, 4.69) is 22.1 Å². The van der Waals surface area contributed by atoms with Crippen molar-refractivity contribution in [2.75, 3.05) is 47.4 Å². The Morgan fingerprint density at radius 3 is 2.31 bits per heavy atom. The zero-order chi connectivity index (χ0) is 32.6. The second kappa shape index (κ2) is 12.6. The number of aryl methyl sites for hydroxylation is 1. The van der Waals surface area contributed by atoms with Crippen molar-refractivity contribution in [3.8, 4) is 11.3 Å². The van der Waals surface area contributed by atoms with Gasteiger partial charge in [0.15, 0.2) is 5.82 Å². The molecule has 240 valence electrons. The predicted molar refractivity (Wildman–Crippen MR) is 161 cm³/mol. The van der Waals surface area contributed by atoms with E-state index in [1.54, 1.807) is 13.0 Å². The van der Waals surface area contributed by atoms with E-state index < -0.39 is 41.5 Å². The summed E-state index contributed by atoms with van der Waals surface area (Å²) in [5.74, 6) is -3.83. The Bertz CT molecular complexity index is 1590. The van der Waals surface area contributed by atoms with Gasteiger partial charge >= 0.3 is 18.1 Å². The Balaban J connectivity index is 1.72. The number of anilines is 4. The highest BCUT2D eigenvalue weighted by atomic mass is 19.4. The van der Waals surface area contributed by atoms with Gasteiger partial charge in [-0.25, -0.2) is 23.5 Å². The lowest BCUT2D eigenvalue weighted by Gasteiger charge is -2.36. The molecule has 2 aliphatic rings. The van der Waals surface area contributed by atoms with E-state index in [9.17, 15) is 22.8 Å². The zero-order valence-corrected chi connectivity index (χ0v) is 25.4. The minimum Gasteiger partial charge on any atom is -0.338 e.